The van der Waals surface area contributed by atoms with Crippen LogP contribution in [0, 0.1) is 6.92 Å². The van der Waals surface area contributed by atoms with Gasteiger partial charge in [-0.1, -0.05) is 26.7 Å². The fraction of sp³-hybridized carbons (Fsp3) is 0.750. The lowest BCUT2D eigenvalue weighted by molar-refractivity contribution is 0.884. The molecule has 112 valence electrons. The van der Waals surface area contributed by atoms with Crippen LogP contribution in [0.4, 0.5) is 5.82 Å². The number of nitrogens with zero attached hydrogens (tertiary/aromatic N) is 2. The van der Waals surface area contributed by atoms with Crippen LogP contribution in [0.15, 0.2) is 0 Å². The van der Waals surface area contributed by atoms with Crippen molar-refractivity contribution in [2.45, 2.75) is 70.3 Å². The van der Waals surface area contributed by atoms with Gasteiger partial charge in [-0.25, -0.2) is 9.97 Å². The molecule has 1 aliphatic rings. The summed E-state index contributed by atoms with van der Waals surface area (Å²) in [6, 6.07) is 0. The standard InChI is InChI=1S/C16H27N3S/c1-4-10-17-16-12(3)14(5-2)18-15(19-16)11-20-13-8-6-7-9-13/h13H,4-11H2,1-3H3,(H,17,18,19). The maximum atomic E-state index is 4.75. The minimum Gasteiger partial charge on any atom is -0.370 e. The molecule has 0 aliphatic heterocycles. The number of aryl methyl sites for hydroxylation is 1. The number of nitrogens with one attached hydrogen (secondary N) is 1. The fourth-order valence-corrected chi connectivity index (χ4v) is 3.87. The molecule has 1 heterocycles. The first-order chi connectivity index (χ1) is 9.74. The van der Waals surface area contributed by atoms with Gasteiger partial charge in [0, 0.05) is 23.1 Å². The van der Waals surface area contributed by atoms with Gasteiger partial charge in [0.15, 0.2) is 0 Å². The molecule has 2 rings (SSSR count). The summed E-state index contributed by atoms with van der Waals surface area (Å²) in [6.07, 6.45) is 7.65. The summed E-state index contributed by atoms with van der Waals surface area (Å²) < 4.78 is 0. The van der Waals surface area contributed by atoms with E-state index in [0.29, 0.717) is 0 Å². The third kappa shape index (κ3) is 4.11. The second kappa shape index (κ2) is 7.87. The molecule has 0 saturated heterocycles. The van der Waals surface area contributed by atoms with Gasteiger partial charge in [0.1, 0.15) is 11.6 Å². The van der Waals surface area contributed by atoms with E-state index in [9.17, 15) is 0 Å². The monoisotopic (exact) mass is 293 g/mol. The molecule has 0 bridgehead atoms. The molecule has 1 N–H and O–H groups in total. The van der Waals surface area contributed by atoms with Crippen LogP contribution in [0.5, 0.6) is 0 Å². The molecule has 3 nitrogen and oxygen atoms in total. The minimum atomic E-state index is 0.831. The number of hydrogen-bond acceptors (Lipinski definition) is 4. The predicted octanol–water partition coefficient (Wildman–Crippen LogP) is 4.35. The van der Waals surface area contributed by atoms with Gasteiger partial charge in [-0.15, -0.1) is 0 Å². The van der Waals surface area contributed by atoms with Gasteiger partial charge in [0.25, 0.3) is 0 Å². The van der Waals surface area contributed by atoms with Crippen LogP contribution >= 0.6 is 11.8 Å². The van der Waals surface area contributed by atoms with Gasteiger partial charge in [0.2, 0.25) is 0 Å². The van der Waals surface area contributed by atoms with Crippen molar-refractivity contribution < 1.29 is 0 Å². The van der Waals surface area contributed by atoms with E-state index in [2.05, 4.69) is 26.1 Å². The Hall–Kier alpha value is -0.770. The minimum absolute atomic E-state index is 0.831. The van der Waals surface area contributed by atoms with Crippen molar-refractivity contribution in [3.05, 3.63) is 17.1 Å². The topological polar surface area (TPSA) is 37.8 Å². The Kier molecular flexibility index (Phi) is 6.14. The summed E-state index contributed by atoms with van der Waals surface area (Å²) >= 11 is 2.04. The van der Waals surface area contributed by atoms with Crippen molar-refractivity contribution in [2.75, 3.05) is 11.9 Å². The number of anilines is 1. The highest BCUT2D eigenvalue weighted by atomic mass is 32.2. The van der Waals surface area contributed by atoms with Gasteiger partial charge < -0.3 is 5.32 Å². The molecule has 0 unspecified atom stereocenters. The average molecular weight is 293 g/mol. The first-order valence-corrected chi connectivity index (χ1v) is 9.01. The molecule has 0 aromatic carbocycles. The van der Waals surface area contributed by atoms with E-state index in [1.54, 1.807) is 0 Å². The Balaban J connectivity index is 2.06. The highest BCUT2D eigenvalue weighted by Crippen LogP contribution is 2.31. The number of aromatic nitrogens is 2. The summed E-state index contributed by atoms with van der Waals surface area (Å²) in [5.41, 5.74) is 2.41. The second-order valence-electron chi connectivity index (χ2n) is 5.56. The molecule has 20 heavy (non-hydrogen) atoms. The zero-order chi connectivity index (χ0) is 14.4. The van der Waals surface area contributed by atoms with Crippen molar-refractivity contribution in [3.63, 3.8) is 0 Å². The van der Waals surface area contributed by atoms with Crippen molar-refractivity contribution in [1.82, 2.24) is 9.97 Å². The Labute approximate surface area is 127 Å². The second-order valence-corrected chi connectivity index (χ2v) is 6.85. The van der Waals surface area contributed by atoms with Crippen LogP contribution in [0.2, 0.25) is 0 Å². The SMILES string of the molecule is CCCNc1nc(CSC2CCCC2)nc(CC)c1C. The van der Waals surface area contributed by atoms with Gasteiger partial charge >= 0.3 is 0 Å². The predicted molar refractivity (Wildman–Crippen MR) is 88.5 cm³/mol. The van der Waals surface area contributed by atoms with Crippen LogP contribution in [-0.2, 0) is 12.2 Å². The molecule has 1 aromatic rings. The maximum Gasteiger partial charge on any atom is 0.140 e. The van der Waals surface area contributed by atoms with Gasteiger partial charge in [-0.05, 0) is 32.6 Å². The lowest BCUT2D eigenvalue weighted by Gasteiger charge is -2.14. The van der Waals surface area contributed by atoms with E-state index < -0.39 is 0 Å². The first-order valence-electron chi connectivity index (χ1n) is 7.96. The first kappa shape index (κ1) is 15.6. The van der Waals surface area contributed by atoms with E-state index in [-0.39, 0.29) is 0 Å². The lowest BCUT2D eigenvalue weighted by Crippen LogP contribution is -2.10. The molecule has 4 heteroatoms. The Morgan fingerprint density at radius 2 is 1.95 bits per heavy atom. The number of rotatable bonds is 7. The Morgan fingerprint density at radius 3 is 2.60 bits per heavy atom. The molecule has 0 atom stereocenters. The average Bonchev–Trinajstić information content (AvgIpc) is 2.98. The van der Waals surface area contributed by atoms with Crippen LogP contribution < -0.4 is 5.32 Å². The zero-order valence-electron chi connectivity index (χ0n) is 13.0. The van der Waals surface area contributed by atoms with Crippen molar-refractivity contribution in [2.24, 2.45) is 0 Å². The molecule has 0 amide bonds. The highest BCUT2D eigenvalue weighted by Gasteiger charge is 2.16. The largest absolute Gasteiger partial charge is 0.370 e. The van der Waals surface area contributed by atoms with E-state index in [4.69, 9.17) is 9.97 Å². The van der Waals surface area contributed by atoms with Crippen molar-refractivity contribution >= 4 is 17.6 Å². The molecule has 1 saturated carbocycles. The van der Waals surface area contributed by atoms with Crippen LogP contribution in [0.1, 0.15) is 63.0 Å². The maximum absolute atomic E-state index is 4.75. The van der Waals surface area contributed by atoms with Crippen LogP contribution in [0.25, 0.3) is 0 Å². The Bertz CT molecular complexity index is 428. The normalized spacial score (nSPS) is 15.8. The Morgan fingerprint density at radius 1 is 1.20 bits per heavy atom. The molecule has 0 spiro atoms. The summed E-state index contributed by atoms with van der Waals surface area (Å²) in [5.74, 6) is 3.00. The zero-order valence-corrected chi connectivity index (χ0v) is 13.9. The summed E-state index contributed by atoms with van der Waals surface area (Å²) in [7, 11) is 0. The van der Waals surface area contributed by atoms with Gasteiger partial charge in [-0.3, -0.25) is 0 Å². The quantitative estimate of drug-likeness (QED) is 0.811. The molecular formula is C16H27N3S. The molecule has 1 aliphatic carbocycles. The molecular weight excluding hydrogens is 266 g/mol. The lowest BCUT2D eigenvalue weighted by atomic mass is 10.2. The van der Waals surface area contributed by atoms with Gasteiger partial charge in [0.05, 0.1) is 5.75 Å². The summed E-state index contributed by atoms with van der Waals surface area (Å²) in [4.78, 5) is 9.48. The third-order valence-corrected chi connectivity index (χ3v) is 5.29. The molecule has 1 aromatic heterocycles. The number of thioether (sulfide) groups is 1. The molecule has 1 fully saturated rings. The summed E-state index contributed by atoms with van der Waals surface area (Å²) in [6.45, 7) is 7.47. The van der Waals surface area contributed by atoms with E-state index >= 15 is 0 Å². The van der Waals surface area contributed by atoms with Crippen LogP contribution in [-0.4, -0.2) is 21.8 Å². The smallest absolute Gasteiger partial charge is 0.140 e. The summed E-state index contributed by atoms with van der Waals surface area (Å²) in [5, 5.41) is 4.28. The van der Waals surface area contributed by atoms with E-state index in [1.807, 2.05) is 11.8 Å². The van der Waals surface area contributed by atoms with E-state index in [0.717, 1.165) is 42.0 Å². The molecule has 0 radical (unpaired) electrons. The van der Waals surface area contributed by atoms with E-state index in [1.165, 1.54) is 36.9 Å². The van der Waals surface area contributed by atoms with Crippen LogP contribution in [0.3, 0.4) is 0 Å². The third-order valence-electron chi connectivity index (χ3n) is 3.92. The van der Waals surface area contributed by atoms with Crippen molar-refractivity contribution in [3.8, 4) is 0 Å². The number of hydrogen-bond donors (Lipinski definition) is 1. The van der Waals surface area contributed by atoms with Crippen molar-refractivity contribution in [1.29, 1.82) is 0 Å². The highest BCUT2D eigenvalue weighted by molar-refractivity contribution is 7.99. The van der Waals surface area contributed by atoms with Gasteiger partial charge in [-0.2, -0.15) is 11.8 Å². The fourth-order valence-electron chi connectivity index (χ4n) is 2.69.